The van der Waals surface area contributed by atoms with Crippen molar-refractivity contribution in [3.05, 3.63) is 59.9 Å². The van der Waals surface area contributed by atoms with E-state index in [1.807, 2.05) is 31.2 Å². The van der Waals surface area contributed by atoms with Gasteiger partial charge in [-0.3, -0.25) is 4.79 Å². The molecule has 0 aromatic heterocycles. The molecule has 5 heteroatoms. The molecule has 0 saturated heterocycles. The van der Waals surface area contributed by atoms with Crippen molar-refractivity contribution in [2.24, 2.45) is 0 Å². The van der Waals surface area contributed by atoms with Crippen molar-refractivity contribution in [2.75, 3.05) is 18.9 Å². The number of ether oxygens (including phenoxy) is 1. The fraction of sp³-hybridized carbons (Fsp3) is 0.278. The Kier molecular flexibility index (Phi) is 6.94. The molecule has 0 bridgehead atoms. The highest BCUT2D eigenvalue weighted by Gasteiger charge is 2.04. The predicted molar refractivity (Wildman–Crippen MR) is 91.4 cm³/mol. The molecule has 2 aromatic rings. The van der Waals surface area contributed by atoms with Crippen LogP contribution in [0.3, 0.4) is 0 Å². The number of hydrogen-bond acceptors (Lipinski definition) is 3. The van der Waals surface area contributed by atoms with E-state index in [0.29, 0.717) is 30.2 Å². The molecule has 23 heavy (non-hydrogen) atoms. The van der Waals surface area contributed by atoms with Gasteiger partial charge in [0.2, 0.25) is 5.91 Å². The maximum absolute atomic E-state index is 13.4. The zero-order valence-corrected chi connectivity index (χ0v) is 13.9. The Morgan fingerprint density at radius 2 is 1.91 bits per heavy atom. The SMILES string of the molecule is Cc1ccc(OCCNC(=O)CCSc2ccccc2F)cc1. The quantitative estimate of drug-likeness (QED) is 0.590. The average molecular weight is 333 g/mol. The second kappa shape index (κ2) is 9.20. The van der Waals surface area contributed by atoms with Crippen molar-refractivity contribution in [3.8, 4) is 5.75 Å². The fourth-order valence-electron chi connectivity index (χ4n) is 1.90. The number of benzene rings is 2. The van der Waals surface area contributed by atoms with Crippen LogP contribution in [0, 0.1) is 12.7 Å². The molecule has 0 aliphatic carbocycles. The van der Waals surface area contributed by atoms with E-state index in [4.69, 9.17) is 4.74 Å². The number of amides is 1. The van der Waals surface area contributed by atoms with E-state index in [-0.39, 0.29) is 11.7 Å². The number of aryl methyl sites for hydroxylation is 1. The first-order valence-electron chi connectivity index (χ1n) is 7.48. The molecule has 0 atom stereocenters. The topological polar surface area (TPSA) is 38.3 Å². The maximum atomic E-state index is 13.4. The summed E-state index contributed by atoms with van der Waals surface area (Å²) in [7, 11) is 0. The van der Waals surface area contributed by atoms with Crippen LogP contribution in [0.4, 0.5) is 4.39 Å². The molecule has 1 amide bonds. The average Bonchev–Trinajstić information content (AvgIpc) is 2.55. The van der Waals surface area contributed by atoms with Crippen LogP contribution >= 0.6 is 11.8 Å². The second-order valence-electron chi connectivity index (χ2n) is 5.04. The highest BCUT2D eigenvalue weighted by Crippen LogP contribution is 2.21. The first-order chi connectivity index (χ1) is 11.1. The summed E-state index contributed by atoms with van der Waals surface area (Å²) in [5, 5.41) is 2.79. The van der Waals surface area contributed by atoms with Gasteiger partial charge in [0.1, 0.15) is 18.2 Å². The third-order valence-corrected chi connectivity index (χ3v) is 4.19. The van der Waals surface area contributed by atoms with Gasteiger partial charge in [0.05, 0.1) is 6.54 Å². The highest BCUT2D eigenvalue weighted by atomic mass is 32.2. The standard InChI is InChI=1S/C18H20FNO2S/c1-14-6-8-15(9-7-14)22-12-11-20-18(21)10-13-23-17-5-3-2-4-16(17)19/h2-9H,10-13H2,1H3,(H,20,21). The Labute approximate surface area is 140 Å². The van der Waals surface area contributed by atoms with Gasteiger partial charge in [-0.05, 0) is 31.2 Å². The first-order valence-corrected chi connectivity index (χ1v) is 8.47. The van der Waals surface area contributed by atoms with Crippen LogP contribution in [0.25, 0.3) is 0 Å². The second-order valence-corrected chi connectivity index (χ2v) is 6.18. The summed E-state index contributed by atoms with van der Waals surface area (Å²) in [6.07, 6.45) is 0.351. The molecule has 0 unspecified atom stereocenters. The molecule has 3 nitrogen and oxygen atoms in total. The van der Waals surface area contributed by atoms with Crippen molar-refractivity contribution in [2.45, 2.75) is 18.2 Å². The van der Waals surface area contributed by atoms with Crippen molar-refractivity contribution in [1.82, 2.24) is 5.32 Å². The Morgan fingerprint density at radius 3 is 2.65 bits per heavy atom. The van der Waals surface area contributed by atoms with Crippen LogP contribution in [0.15, 0.2) is 53.4 Å². The lowest BCUT2D eigenvalue weighted by Gasteiger charge is -2.08. The highest BCUT2D eigenvalue weighted by molar-refractivity contribution is 7.99. The molecule has 122 valence electrons. The van der Waals surface area contributed by atoms with Crippen molar-refractivity contribution in [3.63, 3.8) is 0 Å². The van der Waals surface area contributed by atoms with Crippen LogP contribution in [0.5, 0.6) is 5.75 Å². The van der Waals surface area contributed by atoms with Gasteiger partial charge in [0, 0.05) is 17.1 Å². The zero-order chi connectivity index (χ0) is 16.5. The monoisotopic (exact) mass is 333 g/mol. The summed E-state index contributed by atoms with van der Waals surface area (Å²) in [6.45, 7) is 2.90. The normalized spacial score (nSPS) is 10.3. The van der Waals surface area contributed by atoms with Gasteiger partial charge < -0.3 is 10.1 Å². The lowest BCUT2D eigenvalue weighted by molar-refractivity contribution is -0.120. The zero-order valence-electron chi connectivity index (χ0n) is 13.0. The first kappa shape index (κ1) is 17.3. The third-order valence-electron chi connectivity index (χ3n) is 3.14. The van der Waals surface area contributed by atoms with Gasteiger partial charge in [-0.2, -0.15) is 0 Å². The van der Waals surface area contributed by atoms with E-state index in [1.165, 1.54) is 23.4 Å². The largest absolute Gasteiger partial charge is 0.492 e. The van der Waals surface area contributed by atoms with Gasteiger partial charge in [-0.1, -0.05) is 29.8 Å². The summed E-state index contributed by atoms with van der Waals surface area (Å²) >= 11 is 1.35. The number of carbonyl (C=O) groups excluding carboxylic acids is 1. The van der Waals surface area contributed by atoms with Crippen molar-refractivity contribution in [1.29, 1.82) is 0 Å². The maximum Gasteiger partial charge on any atom is 0.220 e. The van der Waals surface area contributed by atoms with Crippen LogP contribution in [0.1, 0.15) is 12.0 Å². The molecule has 0 fully saturated rings. The minimum absolute atomic E-state index is 0.0543. The summed E-state index contributed by atoms with van der Waals surface area (Å²) in [4.78, 5) is 12.3. The van der Waals surface area contributed by atoms with Crippen LogP contribution in [-0.4, -0.2) is 24.8 Å². The summed E-state index contributed by atoms with van der Waals surface area (Å²) in [5.41, 5.74) is 1.18. The number of hydrogen-bond donors (Lipinski definition) is 1. The van der Waals surface area contributed by atoms with Gasteiger partial charge in [0.25, 0.3) is 0 Å². The Hall–Kier alpha value is -2.01. The molecule has 2 aromatic carbocycles. The minimum atomic E-state index is -0.246. The molecular formula is C18H20FNO2S. The van der Waals surface area contributed by atoms with Gasteiger partial charge in [-0.15, -0.1) is 11.8 Å². The van der Waals surface area contributed by atoms with E-state index >= 15 is 0 Å². The number of nitrogens with one attached hydrogen (secondary N) is 1. The van der Waals surface area contributed by atoms with Crippen molar-refractivity contribution < 1.29 is 13.9 Å². The summed E-state index contributed by atoms with van der Waals surface area (Å²) in [6, 6.07) is 14.3. The molecule has 1 N–H and O–H groups in total. The van der Waals surface area contributed by atoms with E-state index in [2.05, 4.69) is 5.32 Å². The van der Waals surface area contributed by atoms with Crippen molar-refractivity contribution >= 4 is 17.7 Å². The summed E-state index contributed by atoms with van der Waals surface area (Å²) in [5.74, 6) is 1.04. The number of halogens is 1. The van der Waals surface area contributed by atoms with Crippen LogP contribution in [0.2, 0.25) is 0 Å². The van der Waals surface area contributed by atoms with Crippen LogP contribution in [-0.2, 0) is 4.79 Å². The molecule has 0 spiro atoms. The number of carbonyl (C=O) groups is 1. The molecule has 0 aliphatic heterocycles. The van der Waals surface area contributed by atoms with Gasteiger partial charge in [-0.25, -0.2) is 4.39 Å². The number of rotatable bonds is 8. The van der Waals surface area contributed by atoms with Gasteiger partial charge in [0.15, 0.2) is 0 Å². The molecule has 0 heterocycles. The smallest absolute Gasteiger partial charge is 0.220 e. The van der Waals surface area contributed by atoms with E-state index < -0.39 is 0 Å². The predicted octanol–water partition coefficient (Wildman–Crippen LogP) is 3.81. The van der Waals surface area contributed by atoms with Crippen LogP contribution < -0.4 is 10.1 Å². The fourth-order valence-corrected chi connectivity index (χ4v) is 2.79. The molecule has 2 rings (SSSR count). The minimum Gasteiger partial charge on any atom is -0.492 e. The van der Waals surface area contributed by atoms with E-state index in [1.54, 1.807) is 18.2 Å². The van der Waals surface area contributed by atoms with E-state index in [0.717, 1.165) is 5.75 Å². The summed E-state index contributed by atoms with van der Waals surface area (Å²) < 4.78 is 18.9. The molecule has 0 radical (unpaired) electrons. The third kappa shape index (κ3) is 6.32. The van der Waals surface area contributed by atoms with Gasteiger partial charge >= 0.3 is 0 Å². The molecule has 0 aliphatic rings. The Bertz CT molecular complexity index is 631. The Balaban J connectivity index is 1.58. The molecule has 0 saturated carbocycles. The molecular weight excluding hydrogens is 313 g/mol. The Morgan fingerprint density at radius 1 is 1.17 bits per heavy atom. The lowest BCUT2D eigenvalue weighted by Crippen LogP contribution is -2.28. The lowest BCUT2D eigenvalue weighted by atomic mass is 10.2. The van der Waals surface area contributed by atoms with E-state index in [9.17, 15) is 9.18 Å². The number of thioether (sulfide) groups is 1.